The number of methoxy groups -OCH3 is 1. The first-order valence-corrected chi connectivity index (χ1v) is 8.53. The molecule has 4 heteroatoms. The van der Waals surface area contributed by atoms with Crippen molar-refractivity contribution in [3.8, 4) is 0 Å². The third-order valence-electron chi connectivity index (χ3n) is 5.04. The molecule has 1 heterocycles. The summed E-state index contributed by atoms with van der Waals surface area (Å²) in [6, 6.07) is 0. The summed E-state index contributed by atoms with van der Waals surface area (Å²) in [7, 11) is 1.49. The Balaban J connectivity index is 1.45. The van der Waals surface area contributed by atoms with Gasteiger partial charge in [0.15, 0.2) is 0 Å². The number of esters is 1. The molecule has 3 fully saturated rings. The van der Waals surface area contributed by atoms with Gasteiger partial charge < -0.3 is 9.47 Å². The highest BCUT2D eigenvalue weighted by molar-refractivity contribution is 7.99. The standard InChI is InChI=1S/C15H24O3S/c1-17-13(16)10-14(6-7-14)11-19-12-3-8-18-15(9-12)4-2-5-15/h12H,2-11H2,1H3. The van der Waals surface area contributed by atoms with Gasteiger partial charge in [-0.25, -0.2) is 0 Å². The lowest BCUT2D eigenvalue weighted by molar-refractivity contribution is -0.141. The van der Waals surface area contributed by atoms with Crippen molar-refractivity contribution in [3.05, 3.63) is 0 Å². The van der Waals surface area contributed by atoms with Gasteiger partial charge in [0.2, 0.25) is 0 Å². The Bertz CT molecular complexity index is 347. The predicted octanol–water partition coefficient (Wildman–Crippen LogP) is 3.16. The molecular formula is C15H24O3S. The van der Waals surface area contributed by atoms with Crippen LogP contribution in [0.4, 0.5) is 0 Å². The number of hydrogen-bond donors (Lipinski definition) is 0. The van der Waals surface area contributed by atoms with Crippen molar-refractivity contribution >= 4 is 17.7 Å². The molecule has 1 aliphatic heterocycles. The second kappa shape index (κ2) is 5.28. The third kappa shape index (κ3) is 3.10. The van der Waals surface area contributed by atoms with Crippen LogP contribution in [0, 0.1) is 5.41 Å². The van der Waals surface area contributed by atoms with Gasteiger partial charge in [0, 0.05) is 11.9 Å². The molecule has 1 saturated heterocycles. The zero-order valence-corrected chi connectivity index (χ0v) is 12.6. The summed E-state index contributed by atoms with van der Waals surface area (Å²) >= 11 is 2.08. The average Bonchev–Trinajstić information content (AvgIpc) is 3.15. The van der Waals surface area contributed by atoms with E-state index in [4.69, 9.17) is 9.47 Å². The zero-order valence-electron chi connectivity index (χ0n) is 11.8. The Labute approximate surface area is 119 Å². The third-order valence-corrected chi connectivity index (χ3v) is 6.69. The van der Waals surface area contributed by atoms with Crippen molar-refractivity contribution in [2.24, 2.45) is 5.41 Å². The number of carbonyl (C=O) groups excluding carboxylic acids is 1. The van der Waals surface area contributed by atoms with Gasteiger partial charge in [-0.2, -0.15) is 11.8 Å². The molecule has 108 valence electrons. The molecule has 1 atom stereocenters. The van der Waals surface area contributed by atoms with Crippen molar-refractivity contribution in [2.75, 3.05) is 19.5 Å². The molecule has 1 unspecified atom stereocenters. The molecule has 0 aromatic rings. The van der Waals surface area contributed by atoms with Crippen LogP contribution in [0.3, 0.4) is 0 Å². The number of hydrogen-bond acceptors (Lipinski definition) is 4. The maximum absolute atomic E-state index is 11.4. The van der Waals surface area contributed by atoms with E-state index in [-0.39, 0.29) is 17.0 Å². The molecular weight excluding hydrogens is 260 g/mol. The van der Waals surface area contributed by atoms with Crippen LogP contribution in [0.15, 0.2) is 0 Å². The van der Waals surface area contributed by atoms with Crippen molar-refractivity contribution in [1.29, 1.82) is 0 Å². The van der Waals surface area contributed by atoms with Crippen LogP contribution < -0.4 is 0 Å². The number of carbonyl (C=O) groups is 1. The van der Waals surface area contributed by atoms with E-state index in [1.165, 1.54) is 52.1 Å². The van der Waals surface area contributed by atoms with Gasteiger partial charge in [-0.15, -0.1) is 0 Å². The zero-order chi connectivity index (χ0) is 13.3. The van der Waals surface area contributed by atoms with E-state index < -0.39 is 0 Å². The molecule has 19 heavy (non-hydrogen) atoms. The molecule has 3 nitrogen and oxygen atoms in total. The lowest BCUT2D eigenvalue weighted by Gasteiger charge is -2.47. The van der Waals surface area contributed by atoms with E-state index in [9.17, 15) is 4.79 Å². The van der Waals surface area contributed by atoms with Gasteiger partial charge in [0.25, 0.3) is 0 Å². The van der Waals surface area contributed by atoms with Crippen LogP contribution in [0.5, 0.6) is 0 Å². The highest BCUT2D eigenvalue weighted by Gasteiger charge is 2.47. The molecule has 0 N–H and O–H groups in total. The largest absolute Gasteiger partial charge is 0.469 e. The monoisotopic (exact) mass is 284 g/mol. The summed E-state index contributed by atoms with van der Waals surface area (Å²) < 4.78 is 10.8. The maximum atomic E-state index is 11.4. The fourth-order valence-electron chi connectivity index (χ4n) is 3.27. The molecule has 2 aliphatic carbocycles. The maximum Gasteiger partial charge on any atom is 0.306 e. The topological polar surface area (TPSA) is 35.5 Å². The Morgan fingerprint density at radius 2 is 2.16 bits per heavy atom. The van der Waals surface area contributed by atoms with Crippen LogP contribution >= 0.6 is 11.8 Å². The summed E-state index contributed by atoms with van der Waals surface area (Å²) in [6.07, 6.45) is 9.28. The minimum absolute atomic E-state index is 0.0412. The van der Waals surface area contributed by atoms with Crippen LogP contribution in [-0.2, 0) is 14.3 Å². The molecule has 0 bridgehead atoms. The van der Waals surface area contributed by atoms with E-state index in [1.54, 1.807) is 0 Å². The fourth-order valence-corrected chi connectivity index (χ4v) is 4.93. The molecule has 0 radical (unpaired) electrons. The lowest BCUT2D eigenvalue weighted by Crippen LogP contribution is -2.46. The van der Waals surface area contributed by atoms with Crippen molar-refractivity contribution < 1.29 is 14.3 Å². The first-order valence-electron chi connectivity index (χ1n) is 7.48. The molecule has 0 aromatic carbocycles. The van der Waals surface area contributed by atoms with Gasteiger partial charge in [0.05, 0.1) is 19.1 Å². The van der Waals surface area contributed by atoms with E-state index in [0.29, 0.717) is 6.42 Å². The van der Waals surface area contributed by atoms with E-state index in [0.717, 1.165) is 17.6 Å². The van der Waals surface area contributed by atoms with Gasteiger partial charge >= 0.3 is 5.97 Å². The van der Waals surface area contributed by atoms with E-state index in [2.05, 4.69) is 11.8 Å². The van der Waals surface area contributed by atoms with Gasteiger partial charge in [-0.05, 0) is 56.1 Å². The van der Waals surface area contributed by atoms with E-state index >= 15 is 0 Å². The fraction of sp³-hybridized carbons (Fsp3) is 0.933. The Kier molecular flexibility index (Phi) is 3.82. The van der Waals surface area contributed by atoms with Crippen molar-refractivity contribution in [1.82, 2.24) is 0 Å². The van der Waals surface area contributed by atoms with Crippen LogP contribution in [0.2, 0.25) is 0 Å². The molecule has 2 saturated carbocycles. The molecule has 3 rings (SSSR count). The van der Waals surface area contributed by atoms with Crippen LogP contribution in [-0.4, -0.2) is 36.3 Å². The minimum Gasteiger partial charge on any atom is -0.469 e. The molecule has 3 aliphatic rings. The van der Waals surface area contributed by atoms with Gasteiger partial charge in [0.1, 0.15) is 0 Å². The summed E-state index contributed by atoms with van der Waals surface area (Å²) in [5.41, 5.74) is 0.512. The predicted molar refractivity (Wildman–Crippen MR) is 76.3 cm³/mol. The Hall–Kier alpha value is -0.220. The normalized spacial score (nSPS) is 30.7. The summed E-state index contributed by atoms with van der Waals surface area (Å²) in [6.45, 7) is 0.932. The average molecular weight is 284 g/mol. The summed E-state index contributed by atoms with van der Waals surface area (Å²) in [4.78, 5) is 11.4. The quantitative estimate of drug-likeness (QED) is 0.727. The number of thioether (sulfide) groups is 1. The lowest BCUT2D eigenvalue weighted by atomic mass is 9.75. The van der Waals surface area contributed by atoms with Crippen LogP contribution in [0.25, 0.3) is 0 Å². The van der Waals surface area contributed by atoms with Crippen molar-refractivity contribution in [3.63, 3.8) is 0 Å². The first-order chi connectivity index (χ1) is 9.15. The van der Waals surface area contributed by atoms with Gasteiger partial charge in [-0.3, -0.25) is 4.79 Å². The Morgan fingerprint density at radius 1 is 1.37 bits per heavy atom. The highest BCUT2D eigenvalue weighted by atomic mass is 32.2. The summed E-state index contributed by atoms with van der Waals surface area (Å²) in [5, 5.41) is 0.740. The SMILES string of the molecule is COC(=O)CC1(CSC2CCOC3(CCC3)C2)CC1. The molecule has 0 aromatic heterocycles. The molecule has 1 spiro atoms. The first kappa shape index (κ1) is 13.7. The number of rotatable bonds is 5. The molecule has 0 amide bonds. The number of ether oxygens (including phenoxy) is 2. The second-order valence-electron chi connectivity index (χ2n) is 6.56. The van der Waals surface area contributed by atoms with E-state index in [1.807, 2.05) is 0 Å². The minimum atomic E-state index is -0.0412. The smallest absolute Gasteiger partial charge is 0.306 e. The highest BCUT2D eigenvalue weighted by Crippen LogP contribution is 2.53. The van der Waals surface area contributed by atoms with Crippen molar-refractivity contribution in [2.45, 2.75) is 62.2 Å². The van der Waals surface area contributed by atoms with Crippen LogP contribution in [0.1, 0.15) is 51.4 Å². The second-order valence-corrected chi connectivity index (χ2v) is 7.85. The Morgan fingerprint density at radius 3 is 2.74 bits per heavy atom. The van der Waals surface area contributed by atoms with Gasteiger partial charge in [-0.1, -0.05) is 0 Å². The summed E-state index contributed by atoms with van der Waals surface area (Å²) in [5.74, 6) is 1.09.